The molecule has 2 atom stereocenters. The minimum absolute atomic E-state index is 0.0171. The molecule has 0 radical (unpaired) electrons. The first-order valence-electron chi connectivity index (χ1n) is 8.12. The number of piperidine rings is 1. The Morgan fingerprint density at radius 2 is 2.14 bits per heavy atom. The van der Waals surface area contributed by atoms with E-state index >= 15 is 0 Å². The number of carbonyl (C=O) groups is 2. The molecule has 12 heteroatoms. The number of hydrogen-bond donors (Lipinski definition) is 2. The number of amides is 2. The van der Waals surface area contributed by atoms with Gasteiger partial charge in [0.25, 0.3) is 5.91 Å². The number of carbonyl (C=O) groups excluding carboxylic acids is 1. The third-order valence-electron chi connectivity index (χ3n) is 4.30. The molecule has 1 aliphatic rings. The number of hydrogen-bond acceptors (Lipinski definition) is 5. The van der Waals surface area contributed by atoms with Gasteiger partial charge in [0, 0.05) is 31.5 Å². The first-order valence-corrected chi connectivity index (χ1v) is 9.00. The van der Waals surface area contributed by atoms with Gasteiger partial charge < -0.3 is 20.1 Å². The standard InChI is InChI=1S/C16H15F4N3O4S/c1-21-14(24)7-6-28-13-8(16(18,19)20)4-11(22-12(7)13)27-10-2-3-23(15(25)26)5-9(10)17/h4,6,9-10H,2-3,5H2,1H3,(H,21,24)(H,25,26)/t9-,10-/m1/s1. The molecule has 0 aliphatic carbocycles. The number of aromatic nitrogens is 1. The molecule has 0 aromatic carbocycles. The number of carboxylic acid groups (broad SMARTS) is 1. The molecule has 0 unspecified atom stereocenters. The van der Waals surface area contributed by atoms with E-state index in [9.17, 15) is 27.2 Å². The van der Waals surface area contributed by atoms with Gasteiger partial charge in [0.2, 0.25) is 5.88 Å². The van der Waals surface area contributed by atoms with Crippen LogP contribution in [0.15, 0.2) is 11.4 Å². The number of rotatable bonds is 3. The van der Waals surface area contributed by atoms with Crippen molar-refractivity contribution in [2.24, 2.45) is 0 Å². The lowest BCUT2D eigenvalue weighted by Crippen LogP contribution is -2.48. The van der Waals surface area contributed by atoms with Crippen molar-refractivity contribution in [1.82, 2.24) is 15.2 Å². The van der Waals surface area contributed by atoms with Crippen molar-refractivity contribution in [2.75, 3.05) is 20.1 Å². The van der Waals surface area contributed by atoms with E-state index in [2.05, 4.69) is 10.3 Å². The van der Waals surface area contributed by atoms with E-state index in [1.165, 1.54) is 12.4 Å². The summed E-state index contributed by atoms with van der Waals surface area (Å²) < 4.78 is 59.8. The Hall–Kier alpha value is -2.63. The van der Waals surface area contributed by atoms with Crippen LogP contribution < -0.4 is 10.1 Å². The fraction of sp³-hybridized carbons (Fsp3) is 0.438. The Bertz CT molecular complexity index is 917. The first kappa shape index (κ1) is 20.1. The molecule has 0 bridgehead atoms. The highest BCUT2D eigenvalue weighted by molar-refractivity contribution is 7.17. The Kier molecular flexibility index (Phi) is 5.33. The van der Waals surface area contributed by atoms with E-state index in [0.717, 1.165) is 16.2 Å². The number of fused-ring (bicyclic) bond motifs is 1. The smallest absolute Gasteiger partial charge is 0.418 e. The number of halogens is 4. The van der Waals surface area contributed by atoms with Crippen LogP contribution in [0.2, 0.25) is 0 Å². The SMILES string of the molecule is CNC(=O)c1csc2c(C(F)(F)F)cc(O[C@@H]3CCN(C(=O)O)C[C@H]3F)nc12. The minimum atomic E-state index is -4.73. The molecule has 28 heavy (non-hydrogen) atoms. The maximum Gasteiger partial charge on any atom is 0.418 e. The summed E-state index contributed by atoms with van der Waals surface area (Å²) in [5.41, 5.74) is -1.27. The van der Waals surface area contributed by atoms with E-state index in [0.29, 0.717) is 6.07 Å². The Morgan fingerprint density at radius 3 is 2.71 bits per heavy atom. The summed E-state index contributed by atoms with van der Waals surface area (Å²) in [4.78, 5) is 27.7. The van der Waals surface area contributed by atoms with Crippen LogP contribution in [0.3, 0.4) is 0 Å². The van der Waals surface area contributed by atoms with Crippen LogP contribution in [-0.2, 0) is 6.18 Å². The zero-order valence-electron chi connectivity index (χ0n) is 14.4. The van der Waals surface area contributed by atoms with Gasteiger partial charge in [0.05, 0.1) is 27.9 Å². The largest absolute Gasteiger partial charge is 0.471 e. The Balaban J connectivity index is 1.97. The van der Waals surface area contributed by atoms with Crippen molar-refractivity contribution in [1.29, 1.82) is 0 Å². The summed E-state index contributed by atoms with van der Waals surface area (Å²) in [5.74, 6) is -1.08. The molecule has 0 saturated carbocycles. The van der Waals surface area contributed by atoms with E-state index < -0.39 is 48.4 Å². The second-order valence-electron chi connectivity index (χ2n) is 6.10. The summed E-state index contributed by atoms with van der Waals surface area (Å²) in [6.45, 7) is -0.465. The van der Waals surface area contributed by atoms with Gasteiger partial charge in [-0.25, -0.2) is 14.2 Å². The molecular weight excluding hydrogens is 406 g/mol. The number of ether oxygens (including phenoxy) is 1. The molecule has 152 valence electrons. The third-order valence-corrected chi connectivity index (χ3v) is 5.30. The van der Waals surface area contributed by atoms with Crippen molar-refractivity contribution >= 4 is 33.6 Å². The van der Waals surface area contributed by atoms with Gasteiger partial charge in [-0.05, 0) is 0 Å². The predicted octanol–water partition coefficient (Wildman–Crippen LogP) is 3.14. The van der Waals surface area contributed by atoms with Crippen molar-refractivity contribution in [3.8, 4) is 5.88 Å². The summed E-state index contributed by atoms with van der Waals surface area (Å²) >= 11 is 0.725. The average molecular weight is 421 g/mol. The van der Waals surface area contributed by atoms with Crippen LogP contribution in [0, 0.1) is 0 Å². The highest BCUT2D eigenvalue weighted by atomic mass is 32.1. The lowest BCUT2D eigenvalue weighted by atomic mass is 10.1. The molecular formula is C16H15F4N3O4S. The number of likely N-dealkylation sites (tertiary alicyclic amines) is 1. The van der Waals surface area contributed by atoms with Gasteiger partial charge >= 0.3 is 12.3 Å². The molecule has 1 aliphatic heterocycles. The lowest BCUT2D eigenvalue weighted by Gasteiger charge is -2.32. The van der Waals surface area contributed by atoms with Crippen LogP contribution in [-0.4, -0.2) is 59.4 Å². The monoisotopic (exact) mass is 421 g/mol. The Morgan fingerprint density at radius 1 is 1.43 bits per heavy atom. The molecule has 3 rings (SSSR count). The quantitative estimate of drug-likeness (QED) is 0.743. The molecule has 2 amide bonds. The molecule has 2 aromatic heterocycles. The topological polar surface area (TPSA) is 91.8 Å². The van der Waals surface area contributed by atoms with Gasteiger partial charge in [0.1, 0.15) is 6.10 Å². The van der Waals surface area contributed by atoms with Crippen molar-refractivity contribution < 1.29 is 37.0 Å². The number of pyridine rings is 1. The maximum absolute atomic E-state index is 14.3. The van der Waals surface area contributed by atoms with Crippen molar-refractivity contribution in [3.05, 3.63) is 22.6 Å². The molecule has 1 fully saturated rings. The van der Waals surface area contributed by atoms with Crippen LogP contribution in [0.25, 0.3) is 10.2 Å². The molecule has 3 heterocycles. The fourth-order valence-corrected chi connectivity index (χ4v) is 3.92. The molecule has 7 nitrogen and oxygen atoms in total. The predicted molar refractivity (Wildman–Crippen MR) is 91.5 cm³/mol. The van der Waals surface area contributed by atoms with Gasteiger partial charge in [0.15, 0.2) is 6.17 Å². The first-order chi connectivity index (χ1) is 13.1. The van der Waals surface area contributed by atoms with E-state index in [1.54, 1.807) is 0 Å². The van der Waals surface area contributed by atoms with Gasteiger partial charge in [-0.2, -0.15) is 13.2 Å². The van der Waals surface area contributed by atoms with E-state index in [1.807, 2.05) is 0 Å². The highest BCUT2D eigenvalue weighted by Gasteiger charge is 2.37. The molecule has 2 N–H and O–H groups in total. The normalized spacial score (nSPS) is 20.2. The van der Waals surface area contributed by atoms with E-state index in [4.69, 9.17) is 9.84 Å². The highest BCUT2D eigenvalue weighted by Crippen LogP contribution is 2.40. The zero-order valence-corrected chi connectivity index (χ0v) is 15.2. The van der Waals surface area contributed by atoms with Gasteiger partial charge in [-0.3, -0.25) is 4.79 Å². The number of nitrogens with one attached hydrogen (secondary N) is 1. The number of alkyl halides is 4. The van der Waals surface area contributed by atoms with Crippen LogP contribution in [0.1, 0.15) is 22.3 Å². The summed E-state index contributed by atoms with van der Waals surface area (Å²) in [6.07, 6.45) is -8.93. The average Bonchev–Trinajstić information content (AvgIpc) is 3.04. The van der Waals surface area contributed by atoms with Crippen molar-refractivity contribution in [3.63, 3.8) is 0 Å². The molecule has 0 spiro atoms. The number of nitrogens with zero attached hydrogens (tertiary/aromatic N) is 2. The number of thiophene rings is 1. The van der Waals surface area contributed by atoms with Gasteiger partial charge in [-0.1, -0.05) is 0 Å². The maximum atomic E-state index is 14.3. The fourth-order valence-electron chi connectivity index (χ4n) is 2.90. The van der Waals surface area contributed by atoms with Crippen LogP contribution in [0.4, 0.5) is 22.4 Å². The summed E-state index contributed by atoms with van der Waals surface area (Å²) in [5, 5.41) is 12.5. The summed E-state index contributed by atoms with van der Waals surface area (Å²) in [7, 11) is 1.33. The second-order valence-corrected chi connectivity index (χ2v) is 6.98. The molecule has 1 saturated heterocycles. The minimum Gasteiger partial charge on any atom is -0.471 e. The van der Waals surface area contributed by atoms with Crippen LogP contribution >= 0.6 is 11.3 Å². The molecule has 2 aromatic rings. The Labute approximate surface area is 159 Å². The van der Waals surface area contributed by atoms with Crippen molar-refractivity contribution in [2.45, 2.75) is 24.9 Å². The lowest BCUT2D eigenvalue weighted by molar-refractivity contribution is -0.136. The zero-order chi connectivity index (χ0) is 20.6. The second kappa shape index (κ2) is 7.41. The summed E-state index contributed by atoms with van der Waals surface area (Å²) in [6, 6.07) is 0.669. The van der Waals surface area contributed by atoms with Gasteiger partial charge in [-0.15, -0.1) is 11.3 Å². The van der Waals surface area contributed by atoms with E-state index in [-0.39, 0.29) is 28.7 Å². The van der Waals surface area contributed by atoms with Crippen LogP contribution in [0.5, 0.6) is 5.88 Å². The third kappa shape index (κ3) is 3.81.